The van der Waals surface area contributed by atoms with E-state index in [-0.39, 0.29) is 0 Å². The van der Waals surface area contributed by atoms with Gasteiger partial charge in [-0.25, -0.2) is 4.98 Å². The zero-order valence-electron chi connectivity index (χ0n) is 16.4. The van der Waals surface area contributed by atoms with Gasteiger partial charge in [-0.2, -0.15) is 0 Å². The Labute approximate surface area is 164 Å². The summed E-state index contributed by atoms with van der Waals surface area (Å²) in [5.74, 6) is 3.09. The number of ether oxygens (including phenoxy) is 2. The Kier molecular flexibility index (Phi) is 4.58. The van der Waals surface area contributed by atoms with E-state index >= 15 is 0 Å². The van der Waals surface area contributed by atoms with Gasteiger partial charge in [0, 0.05) is 29.6 Å². The minimum atomic E-state index is 0.480. The molecule has 0 bridgehead atoms. The van der Waals surface area contributed by atoms with Crippen LogP contribution in [0.3, 0.4) is 0 Å². The fraction of sp³-hybridized carbons (Fsp3) is 0.333. The van der Waals surface area contributed by atoms with Gasteiger partial charge in [-0.05, 0) is 44.7 Å². The van der Waals surface area contributed by atoms with Crippen molar-refractivity contribution in [3.63, 3.8) is 0 Å². The van der Waals surface area contributed by atoms with E-state index in [9.17, 15) is 0 Å². The molecule has 4 N–H and O–H groups in total. The van der Waals surface area contributed by atoms with Gasteiger partial charge >= 0.3 is 0 Å². The van der Waals surface area contributed by atoms with Gasteiger partial charge in [0.25, 0.3) is 0 Å². The van der Waals surface area contributed by atoms with Crippen LogP contribution < -0.4 is 20.9 Å². The van der Waals surface area contributed by atoms with Crippen LogP contribution >= 0.6 is 0 Å². The summed E-state index contributed by atoms with van der Waals surface area (Å²) in [6.45, 7) is 4.51. The summed E-state index contributed by atoms with van der Waals surface area (Å²) in [6, 6.07) is 7.57. The Morgan fingerprint density at radius 3 is 2.64 bits per heavy atom. The summed E-state index contributed by atoms with van der Waals surface area (Å²) in [5.41, 5.74) is 16.5. The van der Waals surface area contributed by atoms with Gasteiger partial charge in [0.2, 0.25) is 0 Å². The number of aromatic nitrogens is 3. The highest BCUT2D eigenvalue weighted by Crippen LogP contribution is 2.39. The van der Waals surface area contributed by atoms with Crippen molar-refractivity contribution in [1.29, 1.82) is 0 Å². The quantitative estimate of drug-likeness (QED) is 0.636. The molecule has 1 aliphatic carbocycles. The molecular weight excluding hydrogens is 354 g/mol. The molecule has 3 aromatic rings. The van der Waals surface area contributed by atoms with Crippen LogP contribution in [-0.2, 0) is 0 Å². The molecular formula is C21H25N5O2. The van der Waals surface area contributed by atoms with Crippen molar-refractivity contribution in [2.24, 2.45) is 5.92 Å². The van der Waals surface area contributed by atoms with Crippen molar-refractivity contribution >= 4 is 11.5 Å². The van der Waals surface area contributed by atoms with E-state index < -0.39 is 0 Å². The number of methoxy groups -OCH3 is 1. The van der Waals surface area contributed by atoms with Gasteiger partial charge in [0.05, 0.1) is 30.8 Å². The lowest BCUT2D eigenvalue weighted by Crippen LogP contribution is -2.09. The van der Waals surface area contributed by atoms with E-state index in [4.69, 9.17) is 20.9 Å². The summed E-state index contributed by atoms with van der Waals surface area (Å²) < 4.78 is 13.3. The largest absolute Gasteiger partial charge is 0.494 e. The second kappa shape index (κ2) is 7.07. The van der Waals surface area contributed by atoms with Crippen LogP contribution in [0.15, 0.2) is 30.5 Å². The van der Waals surface area contributed by atoms with Crippen LogP contribution in [0.1, 0.15) is 24.2 Å². The third-order valence-electron chi connectivity index (χ3n) is 5.08. The molecule has 1 fully saturated rings. The molecule has 4 rings (SSSR count). The molecule has 146 valence electrons. The van der Waals surface area contributed by atoms with Gasteiger partial charge in [-0.3, -0.25) is 9.55 Å². The highest BCUT2D eigenvalue weighted by Gasteiger charge is 2.24. The first kappa shape index (κ1) is 18.2. The SMILES string of the molecule is COc1cc(OCC2CC2)cc(-n2c(-c3cccnc3C)nc(C)c2N)c1N. The minimum Gasteiger partial charge on any atom is -0.494 e. The van der Waals surface area contributed by atoms with Gasteiger partial charge in [0.1, 0.15) is 23.1 Å². The molecule has 7 nitrogen and oxygen atoms in total. The zero-order chi connectivity index (χ0) is 19.8. The zero-order valence-corrected chi connectivity index (χ0v) is 16.4. The first-order chi connectivity index (χ1) is 13.5. The Balaban J connectivity index is 1.88. The molecule has 0 saturated heterocycles. The molecule has 0 atom stereocenters. The smallest absolute Gasteiger partial charge is 0.148 e. The van der Waals surface area contributed by atoms with Crippen LogP contribution in [-0.4, -0.2) is 28.3 Å². The summed E-state index contributed by atoms with van der Waals surface area (Å²) in [6.07, 6.45) is 4.19. The molecule has 2 heterocycles. The van der Waals surface area contributed by atoms with E-state index in [1.807, 2.05) is 42.7 Å². The van der Waals surface area contributed by atoms with Crippen LogP contribution in [0.25, 0.3) is 17.1 Å². The number of benzene rings is 1. The van der Waals surface area contributed by atoms with E-state index in [0.29, 0.717) is 47.0 Å². The van der Waals surface area contributed by atoms with Crippen LogP contribution in [0, 0.1) is 19.8 Å². The molecule has 0 spiro atoms. The number of hydrogen-bond donors (Lipinski definition) is 2. The fourth-order valence-electron chi connectivity index (χ4n) is 3.21. The number of nitrogen functional groups attached to an aromatic ring is 2. The van der Waals surface area contributed by atoms with Gasteiger partial charge in [-0.15, -0.1) is 0 Å². The average Bonchev–Trinajstić information content (AvgIpc) is 3.47. The Bertz CT molecular complexity index is 1020. The monoisotopic (exact) mass is 379 g/mol. The first-order valence-corrected chi connectivity index (χ1v) is 9.37. The summed E-state index contributed by atoms with van der Waals surface area (Å²) in [5, 5.41) is 0. The van der Waals surface area contributed by atoms with Crippen molar-refractivity contribution in [2.45, 2.75) is 26.7 Å². The number of anilines is 2. The molecule has 0 amide bonds. The topological polar surface area (TPSA) is 101 Å². The Hall–Kier alpha value is -3.22. The molecule has 1 aliphatic rings. The van der Waals surface area contributed by atoms with Crippen LogP contribution in [0.2, 0.25) is 0 Å². The maximum atomic E-state index is 6.43. The number of nitrogens with two attached hydrogens (primary N) is 2. The number of imidazole rings is 1. The van der Waals surface area contributed by atoms with Crippen molar-refractivity contribution in [3.8, 4) is 28.6 Å². The predicted molar refractivity (Wildman–Crippen MR) is 110 cm³/mol. The Morgan fingerprint density at radius 1 is 1.18 bits per heavy atom. The van der Waals surface area contributed by atoms with Crippen molar-refractivity contribution in [2.75, 3.05) is 25.2 Å². The van der Waals surface area contributed by atoms with Gasteiger partial charge < -0.3 is 20.9 Å². The molecule has 7 heteroatoms. The third-order valence-corrected chi connectivity index (χ3v) is 5.08. The number of pyridine rings is 1. The van der Waals surface area contributed by atoms with Gasteiger partial charge in [-0.1, -0.05) is 0 Å². The van der Waals surface area contributed by atoms with E-state index in [2.05, 4.69) is 9.97 Å². The minimum absolute atomic E-state index is 0.480. The highest BCUT2D eigenvalue weighted by atomic mass is 16.5. The lowest BCUT2D eigenvalue weighted by Gasteiger charge is -2.17. The fourth-order valence-corrected chi connectivity index (χ4v) is 3.21. The summed E-state index contributed by atoms with van der Waals surface area (Å²) >= 11 is 0. The number of hydrogen-bond acceptors (Lipinski definition) is 6. The molecule has 1 aromatic carbocycles. The maximum absolute atomic E-state index is 6.43. The third kappa shape index (κ3) is 3.24. The van der Waals surface area contributed by atoms with E-state index in [1.165, 1.54) is 12.8 Å². The van der Waals surface area contributed by atoms with Crippen molar-refractivity contribution in [3.05, 3.63) is 41.9 Å². The molecule has 0 aliphatic heterocycles. The predicted octanol–water partition coefficient (Wildman–Crippen LogP) is 3.51. The maximum Gasteiger partial charge on any atom is 0.148 e. The van der Waals surface area contributed by atoms with E-state index in [1.54, 1.807) is 13.3 Å². The lowest BCUT2D eigenvalue weighted by atomic mass is 10.1. The summed E-state index contributed by atoms with van der Waals surface area (Å²) in [4.78, 5) is 9.07. The van der Waals surface area contributed by atoms with E-state index in [0.717, 1.165) is 17.0 Å². The number of rotatable bonds is 6. The number of nitrogens with zero attached hydrogens (tertiary/aromatic N) is 3. The summed E-state index contributed by atoms with van der Waals surface area (Å²) in [7, 11) is 1.59. The lowest BCUT2D eigenvalue weighted by molar-refractivity contribution is 0.297. The number of aryl methyl sites for hydroxylation is 2. The Morgan fingerprint density at radius 2 is 1.96 bits per heavy atom. The van der Waals surface area contributed by atoms with Crippen LogP contribution in [0.5, 0.6) is 11.5 Å². The average molecular weight is 379 g/mol. The van der Waals surface area contributed by atoms with Gasteiger partial charge in [0.15, 0.2) is 0 Å². The highest BCUT2D eigenvalue weighted by molar-refractivity contribution is 5.75. The molecule has 0 radical (unpaired) electrons. The van der Waals surface area contributed by atoms with Crippen molar-refractivity contribution < 1.29 is 9.47 Å². The molecule has 28 heavy (non-hydrogen) atoms. The molecule has 0 unspecified atom stereocenters. The van der Waals surface area contributed by atoms with Crippen LogP contribution in [0.4, 0.5) is 11.5 Å². The standard InChI is InChI=1S/C21H25N5O2/c1-12-16(5-4-8-24-12)21-25-13(2)20(23)26(21)17-9-15(28-11-14-6-7-14)10-18(27-3)19(17)22/h4-5,8-10,14H,6-7,11,22-23H2,1-3H3. The molecule has 1 saturated carbocycles. The second-order valence-corrected chi connectivity index (χ2v) is 7.19. The second-order valence-electron chi connectivity index (χ2n) is 7.19. The normalized spacial score (nSPS) is 13.5. The van der Waals surface area contributed by atoms with Crippen molar-refractivity contribution in [1.82, 2.24) is 14.5 Å². The molecule has 2 aromatic heterocycles. The first-order valence-electron chi connectivity index (χ1n) is 9.37.